The molecule has 3 heteroatoms. The van der Waals surface area contributed by atoms with Crippen molar-refractivity contribution in [3.05, 3.63) is 34.6 Å². The smallest absolute Gasteiger partial charge is 0.141 e. The van der Waals surface area contributed by atoms with Crippen molar-refractivity contribution in [3.8, 4) is 0 Å². The highest BCUT2D eigenvalue weighted by atomic mass is 35.5. The van der Waals surface area contributed by atoms with Crippen molar-refractivity contribution in [3.63, 3.8) is 0 Å². The Balaban J connectivity index is 1.52. The third-order valence-corrected chi connectivity index (χ3v) is 4.87. The van der Waals surface area contributed by atoms with Gasteiger partial charge in [0.1, 0.15) is 5.82 Å². The largest absolute Gasteiger partial charge is 0.310 e. The quantitative estimate of drug-likeness (QED) is 0.854. The molecule has 2 atom stereocenters. The van der Waals surface area contributed by atoms with Gasteiger partial charge in [-0.2, -0.15) is 0 Å². The molecule has 2 unspecified atom stereocenters. The van der Waals surface area contributed by atoms with Gasteiger partial charge in [-0.15, -0.1) is 0 Å². The Kier molecular flexibility index (Phi) is 4.09. The maximum atomic E-state index is 13.1. The second-order valence-electron chi connectivity index (χ2n) is 6.09. The van der Waals surface area contributed by atoms with Crippen molar-refractivity contribution >= 4 is 11.6 Å². The molecular weight excluding hydrogens is 261 g/mol. The highest BCUT2D eigenvalue weighted by Gasteiger charge is 2.34. The molecule has 0 saturated heterocycles. The van der Waals surface area contributed by atoms with Gasteiger partial charge in [0.25, 0.3) is 0 Å². The highest BCUT2D eigenvalue weighted by molar-refractivity contribution is 6.30. The number of halogens is 2. The van der Waals surface area contributed by atoms with Gasteiger partial charge in [0, 0.05) is 12.6 Å². The molecule has 0 radical (unpaired) electrons. The molecule has 2 saturated carbocycles. The van der Waals surface area contributed by atoms with Crippen LogP contribution in [-0.2, 0) is 6.54 Å². The second kappa shape index (κ2) is 5.80. The van der Waals surface area contributed by atoms with E-state index in [9.17, 15) is 4.39 Å². The molecular formula is C16H21ClFN. The molecule has 19 heavy (non-hydrogen) atoms. The lowest BCUT2D eigenvalue weighted by Crippen LogP contribution is -2.34. The lowest BCUT2D eigenvalue weighted by Gasteiger charge is -2.30. The van der Waals surface area contributed by atoms with E-state index in [0.717, 1.165) is 23.9 Å². The number of hydrogen-bond donors (Lipinski definition) is 1. The van der Waals surface area contributed by atoms with Gasteiger partial charge in [0.15, 0.2) is 0 Å². The summed E-state index contributed by atoms with van der Waals surface area (Å²) in [5, 5.41) is 3.84. The maximum absolute atomic E-state index is 13.1. The molecule has 0 heterocycles. The summed E-state index contributed by atoms with van der Waals surface area (Å²) in [6.07, 6.45) is 8.27. The molecule has 0 amide bonds. The molecule has 1 aromatic carbocycles. The first-order chi connectivity index (χ1) is 9.22. The van der Waals surface area contributed by atoms with Crippen LogP contribution >= 0.6 is 11.6 Å². The monoisotopic (exact) mass is 281 g/mol. The predicted octanol–water partition coefficient (Wildman–Crippen LogP) is 4.54. The summed E-state index contributed by atoms with van der Waals surface area (Å²) in [6, 6.07) is 5.62. The lowest BCUT2D eigenvalue weighted by atomic mass is 9.82. The number of hydrogen-bond acceptors (Lipinski definition) is 1. The standard InChI is InChI=1S/C16H21ClFN/c17-15-8-11(4-7-16(15)18)10-19-14-3-1-2-13(9-14)12-5-6-12/h4,7-8,12-14,19H,1-3,5-6,9-10H2. The van der Waals surface area contributed by atoms with Crippen LogP contribution in [-0.4, -0.2) is 6.04 Å². The molecule has 1 aromatic rings. The third-order valence-electron chi connectivity index (χ3n) is 4.58. The van der Waals surface area contributed by atoms with Crippen molar-refractivity contribution in [2.45, 2.75) is 51.1 Å². The van der Waals surface area contributed by atoms with Crippen LogP contribution in [0.1, 0.15) is 44.1 Å². The Morgan fingerprint density at radius 3 is 2.74 bits per heavy atom. The Morgan fingerprint density at radius 2 is 2.00 bits per heavy atom. The fourth-order valence-corrected chi connectivity index (χ4v) is 3.52. The molecule has 2 aliphatic carbocycles. The second-order valence-corrected chi connectivity index (χ2v) is 6.50. The average Bonchev–Trinajstić information content (AvgIpc) is 3.25. The average molecular weight is 282 g/mol. The van der Waals surface area contributed by atoms with Gasteiger partial charge >= 0.3 is 0 Å². The topological polar surface area (TPSA) is 12.0 Å². The van der Waals surface area contributed by atoms with Crippen molar-refractivity contribution in [1.29, 1.82) is 0 Å². The summed E-state index contributed by atoms with van der Waals surface area (Å²) in [5.41, 5.74) is 1.07. The Bertz CT molecular complexity index is 444. The zero-order chi connectivity index (χ0) is 13.2. The molecule has 2 aliphatic rings. The maximum Gasteiger partial charge on any atom is 0.141 e. The normalized spacial score (nSPS) is 27.5. The summed E-state index contributed by atoms with van der Waals surface area (Å²) >= 11 is 5.81. The Hall–Kier alpha value is -0.600. The Morgan fingerprint density at radius 1 is 1.16 bits per heavy atom. The molecule has 0 spiro atoms. The van der Waals surface area contributed by atoms with Crippen molar-refractivity contribution in [2.24, 2.45) is 11.8 Å². The lowest BCUT2D eigenvalue weighted by molar-refractivity contribution is 0.260. The van der Waals surface area contributed by atoms with Crippen LogP contribution < -0.4 is 5.32 Å². The van der Waals surface area contributed by atoms with Crippen LogP contribution in [0.3, 0.4) is 0 Å². The van der Waals surface area contributed by atoms with Gasteiger partial charge < -0.3 is 5.32 Å². The van der Waals surface area contributed by atoms with E-state index in [1.165, 1.54) is 44.6 Å². The molecule has 1 N–H and O–H groups in total. The van der Waals surface area contributed by atoms with Crippen LogP contribution in [0.2, 0.25) is 5.02 Å². The zero-order valence-electron chi connectivity index (χ0n) is 11.2. The number of benzene rings is 1. The molecule has 2 fully saturated rings. The van der Waals surface area contributed by atoms with E-state index in [4.69, 9.17) is 11.6 Å². The fourth-order valence-electron chi connectivity index (χ4n) is 3.32. The molecule has 0 bridgehead atoms. The summed E-state index contributed by atoms with van der Waals surface area (Å²) in [6.45, 7) is 0.794. The van der Waals surface area contributed by atoms with E-state index in [2.05, 4.69) is 5.32 Å². The third kappa shape index (κ3) is 3.49. The van der Waals surface area contributed by atoms with Gasteiger partial charge in [0.2, 0.25) is 0 Å². The van der Waals surface area contributed by atoms with Crippen molar-refractivity contribution in [1.82, 2.24) is 5.32 Å². The molecule has 0 aliphatic heterocycles. The van der Waals surface area contributed by atoms with Crippen molar-refractivity contribution in [2.75, 3.05) is 0 Å². The summed E-state index contributed by atoms with van der Waals surface area (Å²) < 4.78 is 13.1. The minimum Gasteiger partial charge on any atom is -0.310 e. The van der Waals surface area contributed by atoms with Gasteiger partial charge in [0.05, 0.1) is 5.02 Å². The number of rotatable bonds is 4. The van der Waals surface area contributed by atoms with Gasteiger partial charge in [-0.25, -0.2) is 4.39 Å². The first-order valence-electron chi connectivity index (χ1n) is 7.39. The number of nitrogens with one attached hydrogen (secondary N) is 1. The zero-order valence-corrected chi connectivity index (χ0v) is 11.9. The van der Waals surface area contributed by atoms with Crippen LogP contribution in [0.25, 0.3) is 0 Å². The minimum absolute atomic E-state index is 0.221. The predicted molar refractivity (Wildman–Crippen MR) is 76.7 cm³/mol. The molecule has 104 valence electrons. The molecule has 1 nitrogen and oxygen atoms in total. The summed E-state index contributed by atoms with van der Waals surface area (Å²) in [7, 11) is 0. The van der Waals surface area contributed by atoms with Crippen LogP contribution in [0, 0.1) is 17.7 Å². The van der Waals surface area contributed by atoms with Crippen LogP contribution in [0.5, 0.6) is 0 Å². The van der Waals surface area contributed by atoms with Gasteiger partial charge in [-0.1, -0.05) is 30.5 Å². The first-order valence-corrected chi connectivity index (χ1v) is 7.77. The highest BCUT2D eigenvalue weighted by Crippen LogP contribution is 2.43. The van der Waals surface area contributed by atoms with Gasteiger partial charge in [-0.05, 0) is 55.2 Å². The van der Waals surface area contributed by atoms with E-state index in [-0.39, 0.29) is 10.8 Å². The minimum atomic E-state index is -0.336. The molecule has 0 aromatic heterocycles. The van der Waals surface area contributed by atoms with E-state index in [1.54, 1.807) is 6.07 Å². The van der Waals surface area contributed by atoms with E-state index in [1.807, 2.05) is 6.07 Å². The summed E-state index contributed by atoms with van der Waals surface area (Å²) in [4.78, 5) is 0. The fraction of sp³-hybridized carbons (Fsp3) is 0.625. The van der Waals surface area contributed by atoms with E-state index >= 15 is 0 Å². The van der Waals surface area contributed by atoms with E-state index in [0.29, 0.717) is 6.04 Å². The van der Waals surface area contributed by atoms with Crippen LogP contribution in [0.15, 0.2) is 18.2 Å². The van der Waals surface area contributed by atoms with Crippen molar-refractivity contribution < 1.29 is 4.39 Å². The molecule has 3 rings (SSSR count). The SMILES string of the molecule is Fc1ccc(CNC2CCCC(C3CC3)C2)cc1Cl. The Labute approximate surface area is 119 Å². The van der Waals surface area contributed by atoms with Gasteiger partial charge in [-0.3, -0.25) is 0 Å². The van der Waals surface area contributed by atoms with E-state index < -0.39 is 0 Å². The van der Waals surface area contributed by atoms with Crippen LogP contribution in [0.4, 0.5) is 4.39 Å². The first kappa shape index (κ1) is 13.4. The summed E-state index contributed by atoms with van der Waals surface area (Å²) in [5.74, 6) is 1.63.